The van der Waals surface area contributed by atoms with Gasteiger partial charge in [0.15, 0.2) is 0 Å². The standard InChI is InChI=1S/C9H13NOS/c10-5-1-3-8(11)7-9-4-2-6-12-9/h2,4,6H,1,3,5,7,10H2. The number of nitrogens with two attached hydrogens (primary N) is 1. The van der Waals surface area contributed by atoms with E-state index in [-0.39, 0.29) is 0 Å². The van der Waals surface area contributed by atoms with Crippen molar-refractivity contribution in [2.45, 2.75) is 19.3 Å². The molecule has 0 aliphatic heterocycles. The molecule has 1 aromatic rings. The van der Waals surface area contributed by atoms with E-state index in [0.717, 1.165) is 11.3 Å². The van der Waals surface area contributed by atoms with Crippen LogP contribution in [-0.2, 0) is 11.2 Å². The van der Waals surface area contributed by atoms with E-state index >= 15 is 0 Å². The molecule has 0 radical (unpaired) electrons. The van der Waals surface area contributed by atoms with Crippen LogP contribution in [0.3, 0.4) is 0 Å². The molecule has 3 heteroatoms. The van der Waals surface area contributed by atoms with E-state index in [0.29, 0.717) is 25.2 Å². The van der Waals surface area contributed by atoms with E-state index < -0.39 is 0 Å². The summed E-state index contributed by atoms with van der Waals surface area (Å²) in [4.78, 5) is 12.4. The minimum Gasteiger partial charge on any atom is -0.330 e. The highest BCUT2D eigenvalue weighted by molar-refractivity contribution is 7.10. The van der Waals surface area contributed by atoms with Crippen LogP contribution >= 0.6 is 11.3 Å². The average Bonchev–Trinajstić information content (AvgIpc) is 2.53. The summed E-state index contributed by atoms with van der Waals surface area (Å²) in [7, 11) is 0. The van der Waals surface area contributed by atoms with Gasteiger partial charge in [0.25, 0.3) is 0 Å². The fourth-order valence-electron chi connectivity index (χ4n) is 0.995. The summed E-state index contributed by atoms with van der Waals surface area (Å²) in [6.07, 6.45) is 2.01. The second-order valence-electron chi connectivity index (χ2n) is 2.69. The molecular weight excluding hydrogens is 170 g/mol. The summed E-state index contributed by atoms with van der Waals surface area (Å²) in [5.74, 6) is 0.294. The predicted octanol–water partition coefficient (Wildman–Crippen LogP) is 1.60. The van der Waals surface area contributed by atoms with Gasteiger partial charge in [0.1, 0.15) is 5.78 Å². The maximum absolute atomic E-state index is 11.2. The molecule has 66 valence electrons. The van der Waals surface area contributed by atoms with Crippen LogP contribution in [0.1, 0.15) is 17.7 Å². The van der Waals surface area contributed by atoms with Crippen molar-refractivity contribution in [3.05, 3.63) is 22.4 Å². The van der Waals surface area contributed by atoms with Crippen LogP contribution in [0.15, 0.2) is 17.5 Å². The molecule has 0 aromatic carbocycles. The highest BCUT2D eigenvalue weighted by atomic mass is 32.1. The Hall–Kier alpha value is -0.670. The lowest BCUT2D eigenvalue weighted by Crippen LogP contribution is -2.06. The first-order valence-electron chi connectivity index (χ1n) is 4.07. The van der Waals surface area contributed by atoms with Crippen molar-refractivity contribution in [2.24, 2.45) is 5.73 Å². The zero-order valence-corrected chi connectivity index (χ0v) is 7.77. The molecule has 1 aromatic heterocycles. The zero-order valence-electron chi connectivity index (χ0n) is 6.95. The summed E-state index contributed by atoms with van der Waals surface area (Å²) in [6, 6.07) is 3.96. The van der Waals surface area contributed by atoms with Crippen molar-refractivity contribution in [3.8, 4) is 0 Å². The summed E-state index contributed by atoms with van der Waals surface area (Å²) in [5.41, 5.74) is 5.30. The van der Waals surface area contributed by atoms with Crippen LogP contribution in [0.25, 0.3) is 0 Å². The van der Waals surface area contributed by atoms with Gasteiger partial charge in [-0.1, -0.05) is 6.07 Å². The average molecular weight is 183 g/mol. The van der Waals surface area contributed by atoms with E-state index in [1.165, 1.54) is 0 Å². The van der Waals surface area contributed by atoms with Crippen LogP contribution in [0.4, 0.5) is 0 Å². The highest BCUT2D eigenvalue weighted by Crippen LogP contribution is 2.10. The van der Waals surface area contributed by atoms with Crippen molar-refractivity contribution in [3.63, 3.8) is 0 Å². The van der Waals surface area contributed by atoms with E-state index in [2.05, 4.69) is 0 Å². The summed E-state index contributed by atoms with van der Waals surface area (Å²) in [5, 5.41) is 1.99. The van der Waals surface area contributed by atoms with E-state index in [4.69, 9.17) is 5.73 Å². The van der Waals surface area contributed by atoms with Gasteiger partial charge in [0.2, 0.25) is 0 Å². The Labute approximate surface area is 76.4 Å². The van der Waals surface area contributed by atoms with Crippen molar-refractivity contribution in [1.82, 2.24) is 0 Å². The molecule has 0 amide bonds. The highest BCUT2D eigenvalue weighted by Gasteiger charge is 2.02. The predicted molar refractivity (Wildman–Crippen MR) is 51.3 cm³/mol. The Morgan fingerprint density at radius 1 is 1.58 bits per heavy atom. The molecule has 0 unspecified atom stereocenters. The Morgan fingerprint density at radius 3 is 3.00 bits per heavy atom. The maximum Gasteiger partial charge on any atom is 0.138 e. The lowest BCUT2D eigenvalue weighted by molar-refractivity contribution is -0.118. The molecule has 0 bridgehead atoms. The monoisotopic (exact) mass is 183 g/mol. The molecule has 0 aliphatic carbocycles. The zero-order chi connectivity index (χ0) is 8.81. The normalized spacial score (nSPS) is 10.1. The van der Waals surface area contributed by atoms with Gasteiger partial charge < -0.3 is 5.73 Å². The van der Waals surface area contributed by atoms with E-state index in [1.807, 2.05) is 17.5 Å². The van der Waals surface area contributed by atoms with E-state index in [1.54, 1.807) is 11.3 Å². The number of hydrogen-bond donors (Lipinski definition) is 1. The van der Waals surface area contributed by atoms with Gasteiger partial charge in [-0.2, -0.15) is 0 Å². The van der Waals surface area contributed by atoms with Crippen molar-refractivity contribution in [2.75, 3.05) is 6.54 Å². The lowest BCUT2D eigenvalue weighted by Gasteiger charge is -1.96. The molecule has 1 heterocycles. The summed E-state index contributed by atoms with van der Waals surface area (Å²) >= 11 is 1.63. The third-order valence-corrected chi connectivity index (χ3v) is 2.49. The topological polar surface area (TPSA) is 43.1 Å². The van der Waals surface area contributed by atoms with Gasteiger partial charge in [-0.3, -0.25) is 4.79 Å². The van der Waals surface area contributed by atoms with Crippen LogP contribution in [0.2, 0.25) is 0 Å². The second kappa shape index (κ2) is 5.06. The van der Waals surface area contributed by atoms with Crippen LogP contribution in [-0.4, -0.2) is 12.3 Å². The largest absolute Gasteiger partial charge is 0.330 e. The van der Waals surface area contributed by atoms with Crippen LogP contribution < -0.4 is 5.73 Å². The smallest absolute Gasteiger partial charge is 0.138 e. The Morgan fingerprint density at radius 2 is 2.42 bits per heavy atom. The Bertz CT molecular complexity index is 231. The third kappa shape index (κ3) is 3.15. The molecule has 12 heavy (non-hydrogen) atoms. The van der Waals surface area contributed by atoms with Crippen molar-refractivity contribution < 1.29 is 4.79 Å². The number of carbonyl (C=O) groups excluding carboxylic acids is 1. The minimum absolute atomic E-state index is 0.294. The van der Waals surface area contributed by atoms with Gasteiger partial charge in [-0.25, -0.2) is 0 Å². The molecule has 0 aliphatic rings. The number of ketones is 1. The number of rotatable bonds is 5. The first kappa shape index (κ1) is 9.42. The molecule has 0 saturated carbocycles. The Balaban J connectivity index is 2.27. The molecule has 0 atom stereocenters. The maximum atomic E-state index is 11.2. The molecule has 0 spiro atoms. The van der Waals surface area contributed by atoms with Gasteiger partial charge in [-0.05, 0) is 24.4 Å². The number of hydrogen-bond acceptors (Lipinski definition) is 3. The summed E-state index contributed by atoms with van der Waals surface area (Å²) in [6.45, 7) is 0.607. The number of Topliss-reactive ketones (excluding diaryl/α,β-unsaturated/α-hetero) is 1. The lowest BCUT2D eigenvalue weighted by atomic mass is 10.1. The quantitative estimate of drug-likeness (QED) is 0.753. The van der Waals surface area contributed by atoms with Crippen molar-refractivity contribution in [1.29, 1.82) is 0 Å². The first-order valence-corrected chi connectivity index (χ1v) is 4.95. The van der Waals surface area contributed by atoms with Gasteiger partial charge >= 0.3 is 0 Å². The van der Waals surface area contributed by atoms with E-state index in [9.17, 15) is 4.79 Å². The minimum atomic E-state index is 0.294. The molecule has 0 saturated heterocycles. The number of thiophene rings is 1. The molecule has 0 fully saturated rings. The fourth-order valence-corrected chi connectivity index (χ4v) is 1.73. The molecular formula is C9H13NOS. The third-order valence-electron chi connectivity index (χ3n) is 1.61. The second-order valence-corrected chi connectivity index (χ2v) is 3.72. The Kier molecular flexibility index (Phi) is 3.97. The fraction of sp³-hybridized carbons (Fsp3) is 0.444. The van der Waals surface area contributed by atoms with Crippen molar-refractivity contribution >= 4 is 17.1 Å². The number of carbonyl (C=O) groups is 1. The molecule has 1 rings (SSSR count). The molecule has 2 nitrogen and oxygen atoms in total. The SMILES string of the molecule is NCCCC(=O)Cc1cccs1. The van der Waals surface area contributed by atoms with Gasteiger partial charge in [0, 0.05) is 17.7 Å². The van der Waals surface area contributed by atoms with Gasteiger partial charge in [-0.15, -0.1) is 11.3 Å². The first-order chi connectivity index (χ1) is 5.83. The summed E-state index contributed by atoms with van der Waals surface area (Å²) < 4.78 is 0. The van der Waals surface area contributed by atoms with Gasteiger partial charge in [0.05, 0.1) is 0 Å². The van der Waals surface area contributed by atoms with Crippen LogP contribution in [0, 0.1) is 0 Å². The van der Waals surface area contributed by atoms with Crippen LogP contribution in [0.5, 0.6) is 0 Å². The molecule has 2 N–H and O–H groups in total.